The number of hydrogen-bond acceptors (Lipinski definition) is 10. The van der Waals surface area contributed by atoms with Crippen LogP contribution in [0.4, 0.5) is 22.7 Å². The van der Waals surface area contributed by atoms with Crippen molar-refractivity contribution in [2.24, 2.45) is 0 Å². The fourth-order valence-electron chi connectivity index (χ4n) is 4.59. The topological polar surface area (TPSA) is 202 Å². The smallest absolute Gasteiger partial charge is 0.269 e. The highest BCUT2D eigenvalue weighted by atomic mass is 32.2. The SMILES string of the molecule is CN(CCN(C)C(=O)CN(c1ccc([N+](=O)[O-])cc1)S(=O)(=O)c1ccccc1)C(=O)CN(c1ccc([N+](=O)[O-])cc1)S(=O)(=O)c1ccccc1. The number of nitro benzene ring substituents is 2. The van der Waals surface area contributed by atoms with E-state index in [1.54, 1.807) is 12.1 Å². The Labute approximate surface area is 288 Å². The summed E-state index contributed by atoms with van der Waals surface area (Å²) in [5.74, 6) is -1.33. The van der Waals surface area contributed by atoms with Gasteiger partial charge in [0.05, 0.1) is 31.0 Å². The highest BCUT2D eigenvalue weighted by Gasteiger charge is 2.31. The molecule has 0 radical (unpaired) electrons. The number of benzene rings is 4. The molecule has 16 nitrogen and oxygen atoms in total. The van der Waals surface area contributed by atoms with Gasteiger partial charge in [-0.2, -0.15) is 0 Å². The van der Waals surface area contributed by atoms with Gasteiger partial charge >= 0.3 is 0 Å². The zero-order valence-electron chi connectivity index (χ0n) is 26.8. The lowest BCUT2D eigenvalue weighted by molar-refractivity contribution is -0.385. The van der Waals surface area contributed by atoms with Gasteiger partial charge in [-0.05, 0) is 48.5 Å². The first-order valence-electron chi connectivity index (χ1n) is 14.8. The normalized spacial score (nSPS) is 11.3. The molecule has 4 rings (SSSR count). The Bertz CT molecular complexity index is 1910. The molecule has 0 atom stereocenters. The Balaban J connectivity index is 1.50. The Morgan fingerprint density at radius 1 is 0.540 bits per heavy atom. The molecule has 0 spiro atoms. The molecule has 0 aromatic heterocycles. The van der Waals surface area contributed by atoms with Gasteiger partial charge in [0.2, 0.25) is 11.8 Å². The Morgan fingerprint density at radius 3 is 1.12 bits per heavy atom. The van der Waals surface area contributed by atoms with Gasteiger partial charge in [-0.25, -0.2) is 16.8 Å². The van der Waals surface area contributed by atoms with Gasteiger partial charge in [0.1, 0.15) is 13.1 Å². The summed E-state index contributed by atoms with van der Waals surface area (Å²) < 4.78 is 56.1. The first-order valence-corrected chi connectivity index (χ1v) is 17.6. The molecular weight excluding hydrogens is 693 g/mol. The lowest BCUT2D eigenvalue weighted by Gasteiger charge is -2.29. The van der Waals surface area contributed by atoms with Gasteiger partial charge in [0.15, 0.2) is 0 Å². The molecule has 0 fully saturated rings. The monoisotopic (exact) mass is 724 g/mol. The van der Waals surface area contributed by atoms with E-state index >= 15 is 0 Å². The molecule has 0 N–H and O–H groups in total. The number of hydrogen-bond donors (Lipinski definition) is 0. The van der Waals surface area contributed by atoms with Crippen LogP contribution in [0.5, 0.6) is 0 Å². The van der Waals surface area contributed by atoms with Crippen molar-refractivity contribution in [2.45, 2.75) is 9.79 Å². The maximum Gasteiger partial charge on any atom is 0.269 e. The number of carbonyl (C=O) groups excluding carboxylic acids is 2. The van der Waals surface area contributed by atoms with Crippen LogP contribution in [-0.2, 0) is 29.6 Å². The summed E-state index contributed by atoms with van der Waals surface area (Å²) in [4.78, 5) is 49.9. The summed E-state index contributed by atoms with van der Waals surface area (Å²) in [6, 6.07) is 24.0. The van der Waals surface area contributed by atoms with Crippen molar-refractivity contribution in [1.82, 2.24) is 9.80 Å². The fraction of sp³-hybridized carbons (Fsp3) is 0.188. The first-order chi connectivity index (χ1) is 23.6. The Kier molecular flexibility index (Phi) is 11.5. The number of anilines is 2. The maximum absolute atomic E-state index is 13.6. The molecule has 50 heavy (non-hydrogen) atoms. The second-order valence-corrected chi connectivity index (χ2v) is 14.6. The highest BCUT2D eigenvalue weighted by molar-refractivity contribution is 7.93. The minimum absolute atomic E-state index is 0.0134. The van der Waals surface area contributed by atoms with Gasteiger partial charge in [0.25, 0.3) is 31.4 Å². The molecular formula is C32H32N6O10S2. The van der Waals surface area contributed by atoms with E-state index in [0.717, 1.165) is 32.9 Å². The van der Waals surface area contributed by atoms with Crippen LogP contribution in [0.3, 0.4) is 0 Å². The van der Waals surface area contributed by atoms with Crippen molar-refractivity contribution < 1.29 is 36.3 Å². The molecule has 0 unspecified atom stereocenters. The van der Waals surface area contributed by atoms with E-state index in [1.165, 1.54) is 96.7 Å². The quantitative estimate of drug-likeness (QED) is 0.129. The Morgan fingerprint density at radius 2 is 0.840 bits per heavy atom. The second-order valence-electron chi connectivity index (χ2n) is 10.8. The van der Waals surface area contributed by atoms with E-state index in [1.807, 2.05) is 0 Å². The van der Waals surface area contributed by atoms with E-state index in [9.17, 15) is 46.7 Å². The minimum Gasteiger partial charge on any atom is -0.342 e. The lowest BCUT2D eigenvalue weighted by Crippen LogP contribution is -2.46. The molecule has 4 aromatic carbocycles. The summed E-state index contributed by atoms with van der Waals surface area (Å²) in [6.07, 6.45) is 0. The van der Waals surface area contributed by atoms with E-state index < -0.39 is 54.8 Å². The standard InChI is InChI=1S/C32H32N6O10S2/c1-33(31(39)23-35(25-13-17-27(18-14-25)37(41)42)49(45,46)29-9-5-3-6-10-29)21-22-34(2)32(40)24-36(26-15-19-28(20-16-26)38(43)44)50(47,48)30-11-7-4-8-12-30/h3-20H,21-24H2,1-2H3. The van der Waals surface area contributed by atoms with Crippen molar-refractivity contribution >= 4 is 54.6 Å². The van der Waals surface area contributed by atoms with Gasteiger partial charge in [-0.1, -0.05) is 36.4 Å². The van der Waals surface area contributed by atoms with E-state index in [2.05, 4.69) is 0 Å². The third-order valence-electron chi connectivity index (χ3n) is 7.54. The van der Waals surface area contributed by atoms with Gasteiger partial charge in [-0.15, -0.1) is 0 Å². The molecule has 262 valence electrons. The van der Waals surface area contributed by atoms with Crippen molar-refractivity contribution in [3.63, 3.8) is 0 Å². The van der Waals surface area contributed by atoms with Crippen LogP contribution in [0.25, 0.3) is 0 Å². The molecule has 0 aliphatic heterocycles. The summed E-state index contributed by atoms with van der Waals surface area (Å²) >= 11 is 0. The Hall–Kier alpha value is -5.88. The maximum atomic E-state index is 13.6. The van der Waals surface area contributed by atoms with Crippen LogP contribution in [0, 0.1) is 20.2 Å². The van der Waals surface area contributed by atoms with Crippen molar-refractivity contribution in [3.05, 3.63) is 129 Å². The predicted octanol–water partition coefficient (Wildman–Crippen LogP) is 3.51. The van der Waals surface area contributed by atoms with Crippen LogP contribution in [0.1, 0.15) is 0 Å². The second kappa shape index (κ2) is 15.6. The molecule has 0 bridgehead atoms. The van der Waals surface area contributed by atoms with Crippen LogP contribution in [-0.4, -0.2) is 88.6 Å². The van der Waals surface area contributed by atoms with Crippen LogP contribution < -0.4 is 8.61 Å². The van der Waals surface area contributed by atoms with E-state index in [0.29, 0.717) is 0 Å². The molecule has 0 aliphatic carbocycles. The molecule has 0 aliphatic rings. The number of nitro groups is 2. The largest absolute Gasteiger partial charge is 0.342 e. The number of non-ortho nitro benzene ring substituents is 2. The fourth-order valence-corrected chi connectivity index (χ4v) is 7.46. The zero-order valence-corrected chi connectivity index (χ0v) is 28.4. The van der Waals surface area contributed by atoms with Crippen molar-refractivity contribution in [1.29, 1.82) is 0 Å². The van der Waals surface area contributed by atoms with Crippen LogP contribution >= 0.6 is 0 Å². The number of nitrogens with zero attached hydrogens (tertiary/aromatic N) is 6. The van der Waals surface area contributed by atoms with Crippen molar-refractivity contribution in [3.8, 4) is 0 Å². The minimum atomic E-state index is -4.29. The van der Waals surface area contributed by atoms with Gasteiger partial charge < -0.3 is 9.80 Å². The van der Waals surface area contributed by atoms with Crippen molar-refractivity contribution in [2.75, 3.05) is 48.9 Å². The third kappa shape index (κ3) is 8.58. The first kappa shape index (κ1) is 36.9. The van der Waals surface area contributed by atoms with E-state index in [4.69, 9.17) is 0 Å². The van der Waals surface area contributed by atoms with Gasteiger partial charge in [0, 0.05) is 51.5 Å². The van der Waals surface area contributed by atoms with Crippen LogP contribution in [0.2, 0.25) is 0 Å². The number of amides is 2. The average Bonchev–Trinajstić information content (AvgIpc) is 3.12. The number of likely N-dealkylation sites (N-methyl/N-ethyl adjacent to an activating group) is 2. The molecule has 4 aromatic rings. The zero-order chi connectivity index (χ0) is 36.6. The number of rotatable bonds is 15. The molecule has 0 heterocycles. The predicted molar refractivity (Wildman–Crippen MR) is 183 cm³/mol. The van der Waals surface area contributed by atoms with Crippen LogP contribution in [0.15, 0.2) is 119 Å². The number of carbonyl (C=O) groups is 2. The average molecular weight is 725 g/mol. The van der Waals surface area contributed by atoms with Gasteiger partial charge in [-0.3, -0.25) is 38.4 Å². The number of sulfonamides is 2. The third-order valence-corrected chi connectivity index (χ3v) is 11.1. The summed E-state index contributed by atoms with van der Waals surface area (Å²) in [6.45, 7) is -1.51. The summed E-state index contributed by atoms with van der Waals surface area (Å²) in [5, 5.41) is 22.3. The molecule has 2 amide bonds. The summed E-state index contributed by atoms with van der Waals surface area (Å²) in [5.41, 5.74) is -0.518. The summed E-state index contributed by atoms with van der Waals surface area (Å²) in [7, 11) is -5.79. The highest BCUT2D eigenvalue weighted by Crippen LogP contribution is 2.27. The molecule has 0 saturated carbocycles. The molecule has 0 saturated heterocycles. The van der Waals surface area contributed by atoms with E-state index in [-0.39, 0.29) is 45.6 Å². The lowest BCUT2D eigenvalue weighted by atomic mass is 10.3. The molecule has 18 heteroatoms.